The SMILES string of the molecule is O=C(CC1(COc2ccc(Cl)cc2)CCN(C(=O)c2cc(F)cc(F)c2)CC1)N1CCOCC1. The number of rotatable bonds is 6. The molecule has 0 spiro atoms. The second kappa shape index (κ2) is 10.7. The lowest BCUT2D eigenvalue weighted by molar-refractivity contribution is -0.139. The number of morpholine rings is 1. The Morgan fingerprint density at radius 1 is 0.941 bits per heavy atom. The molecule has 0 aromatic heterocycles. The highest BCUT2D eigenvalue weighted by atomic mass is 35.5. The van der Waals surface area contributed by atoms with E-state index in [-0.39, 0.29) is 17.9 Å². The van der Waals surface area contributed by atoms with E-state index in [0.717, 1.165) is 18.2 Å². The molecule has 2 aliphatic heterocycles. The highest BCUT2D eigenvalue weighted by Gasteiger charge is 2.40. The van der Waals surface area contributed by atoms with E-state index in [1.807, 2.05) is 0 Å². The molecule has 2 saturated heterocycles. The number of benzene rings is 2. The third kappa shape index (κ3) is 6.04. The van der Waals surface area contributed by atoms with E-state index < -0.39 is 23.0 Å². The minimum atomic E-state index is -0.790. The van der Waals surface area contributed by atoms with Crippen LogP contribution in [-0.2, 0) is 9.53 Å². The van der Waals surface area contributed by atoms with Gasteiger partial charge in [-0.25, -0.2) is 8.78 Å². The summed E-state index contributed by atoms with van der Waals surface area (Å²) >= 11 is 5.96. The molecule has 0 radical (unpaired) electrons. The van der Waals surface area contributed by atoms with Gasteiger partial charge in [-0.2, -0.15) is 0 Å². The molecule has 6 nitrogen and oxygen atoms in total. The number of carbonyl (C=O) groups is 2. The van der Waals surface area contributed by atoms with Crippen molar-refractivity contribution in [3.8, 4) is 5.75 Å². The Kier molecular flexibility index (Phi) is 7.68. The molecule has 4 rings (SSSR count). The van der Waals surface area contributed by atoms with Gasteiger partial charge in [-0.15, -0.1) is 0 Å². The molecule has 0 unspecified atom stereocenters. The molecule has 0 bridgehead atoms. The zero-order valence-electron chi connectivity index (χ0n) is 18.8. The molecule has 2 aliphatic rings. The number of piperidine rings is 1. The Morgan fingerprint density at radius 3 is 2.18 bits per heavy atom. The molecule has 0 atom stereocenters. The maximum Gasteiger partial charge on any atom is 0.254 e. The summed E-state index contributed by atoms with van der Waals surface area (Å²) in [5.41, 5.74) is -0.495. The Bertz CT molecular complexity index is 1000. The Balaban J connectivity index is 1.46. The fourth-order valence-corrected chi connectivity index (χ4v) is 4.55. The van der Waals surface area contributed by atoms with Crippen LogP contribution < -0.4 is 4.74 Å². The van der Waals surface area contributed by atoms with Crippen LogP contribution >= 0.6 is 11.6 Å². The molecule has 34 heavy (non-hydrogen) atoms. The van der Waals surface area contributed by atoms with Gasteiger partial charge < -0.3 is 19.3 Å². The van der Waals surface area contributed by atoms with E-state index in [1.165, 1.54) is 0 Å². The Morgan fingerprint density at radius 2 is 1.56 bits per heavy atom. The van der Waals surface area contributed by atoms with Crippen molar-refractivity contribution in [2.45, 2.75) is 19.3 Å². The number of nitrogens with zero attached hydrogens (tertiary/aromatic N) is 2. The average molecular weight is 493 g/mol. The number of hydrogen-bond donors (Lipinski definition) is 0. The lowest BCUT2D eigenvalue weighted by Crippen LogP contribution is -2.49. The molecule has 2 heterocycles. The van der Waals surface area contributed by atoms with E-state index in [0.29, 0.717) is 69.6 Å². The molecule has 9 heteroatoms. The molecule has 2 aromatic rings. The van der Waals surface area contributed by atoms with Crippen molar-refractivity contribution in [2.75, 3.05) is 46.0 Å². The van der Waals surface area contributed by atoms with Gasteiger partial charge in [0.1, 0.15) is 17.4 Å². The molecule has 2 amide bonds. The largest absolute Gasteiger partial charge is 0.493 e. The van der Waals surface area contributed by atoms with Crippen LogP contribution in [-0.4, -0.2) is 67.6 Å². The quantitative estimate of drug-likeness (QED) is 0.607. The summed E-state index contributed by atoms with van der Waals surface area (Å²) in [6.07, 6.45) is 1.34. The van der Waals surface area contributed by atoms with Crippen LogP contribution in [0.3, 0.4) is 0 Å². The first-order valence-electron chi connectivity index (χ1n) is 11.3. The van der Waals surface area contributed by atoms with Gasteiger partial charge in [0.15, 0.2) is 0 Å². The van der Waals surface area contributed by atoms with Gasteiger partial charge in [0, 0.05) is 54.7 Å². The van der Waals surface area contributed by atoms with Crippen LogP contribution in [0.5, 0.6) is 5.75 Å². The summed E-state index contributed by atoms with van der Waals surface area (Å²) in [6.45, 7) is 3.18. The van der Waals surface area contributed by atoms with E-state index >= 15 is 0 Å². The topological polar surface area (TPSA) is 59.1 Å². The van der Waals surface area contributed by atoms with Crippen LogP contribution in [0.15, 0.2) is 42.5 Å². The van der Waals surface area contributed by atoms with Crippen LogP contribution in [0.1, 0.15) is 29.6 Å². The van der Waals surface area contributed by atoms with Crippen molar-refractivity contribution < 1.29 is 27.8 Å². The standard InChI is InChI=1S/C25H27ClF2N2O4/c26-19-1-3-22(4-2-19)34-17-25(16-23(31)29-9-11-33-12-10-29)5-7-30(8-6-25)24(32)18-13-20(27)15-21(28)14-18/h1-4,13-15H,5-12,16-17H2. The van der Waals surface area contributed by atoms with Gasteiger partial charge in [0.25, 0.3) is 5.91 Å². The van der Waals surface area contributed by atoms with Crippen molar-refractivity contribution in [1.29, 1.82) is 0 Å². The highest BCUT2D eigenvalue weighted by molar-refractivity contribution is 6.30. The molecular formula is C25H27ClF2N2O4. The van der Waals surface area contributed by atoms with Gasteiger partial charge in [0.2, 0.25) is 5.91 Å². The van der Waals surface area contributed by atoms with Crippen LogP contribution in [0.25, 0.3) is 0 Å². The molecule has 0 aliphatic carbocycles. The first-order chi connectivity index (χ1) is 16.3. The molecule has 0 saturated carbocycles. The summed E-state index contributed by atoms with van der Waals surface area (Å²) < 4.78 is 38.6. The highest BCUT2D eigenvalue weighted by Crippen LogP contribution is 2.37. The Labute approximate surface area is 202 Å². The van der Waals surface area contributed by atoms with Gasteiger partial charge in [-0.05, 0) is 49.2 Å². The fourth-order valence-electron chi connectivity index (χ4n) is 4.43. The summed E-state index contributed by atoms with van der Waals surface area (Å²) in [4.78, 5) is 29.3. The third-order valence-corrected chi connectivity index (χ3v) is 6.72. The first kappa shape index (κ1) is 24.4. The van der Waals surface area contributed by atoms with E-state index in [1.54, 1.807) is 34.1 Å². The second-order valence-electron chi connectivity index (χ2n) is 8.86. The smallest absolute Gasteiger partial charge is 0.254 e. The molecule has 2 aromatic carbocycles. The number of ether oxygens (including phenoxy) is 2. The summed E-state index contributed by atoms with van der Waals surface area (Å²) in [7, 11) is 0. The summed E-state index contributed by atoms with van der Waals surface area (Å²) in [5.74, 6) is -1.32. The minimum absolute atomic E-state index is 0.0215. The van der Waals surface area contributed by atoms with Crippen LogP contribution in [0.2, 0.25) is 5.02 Å². The maximum absolute atomic E-state index is 13.6. The first-order valence-corrected chi connectivity index (χ1v) is 11.7. The number of hydrogen-bond acceptors (Lipinski definition) is 4. The van der Waals surface area contributed by atoms with Crippen LogP contribution in [0, 0.1) is 17.0 Å². The van der Waals surface area contributed by atoms with Gasteiger partial charge >= 0.3 is 0 Å². The number of likely N-dealkylation sites (tertiary alicyclic amines) is 1. The third-order valence-electron chi connectivity index (χ3n) is 6.47. The second-order valence-corrected chi connectivity index (χ2v) is 9.30. The zero-order valence-corrected chi connectivity index (χ0v) is 19.5. The Hall–Kier alpha value is -2.71. The minimum Gasteiger partial charge on any atom is -0.493 e. The maximum atomic E-state index is 13.6. The molecule has 182 valence electrons. The number of halogens is 3. The molecule has 2 fully saturated rings. The molecule has 0 N–H and O–H groups in total. The zero-order chi connectivity index (χ0) is 24.1. The monoisotopic (exact) mass is 492 g/mol. The summed E-state index contributed by atoms with van der Waals surface area (Å²) in [5, 5.41) is 0.602. The van der Waals surface area contributed by atoms with E-state index in [2.05, 4.69) is 0 Å². The predicted octanol–water partition coefficient (Wildman–Crippen LogP) is 4.17. The lowest BCUT2D eigenvalue weighted by atomic mass is 9.75. The molecular weight excluding hydrogens is 466 g/mol. The van der Waals surface area contributed by atoms with E-state index in [4.69, 9.17) is 21.1 Å². The normalized spacial score (nSPS) is 18.0. The van der Waals surface area contributed by atoms with Gasteiger partial charge in [-0.3, -0.25) is 9.59 Å². The van der Waals surface area contributed by atoms with Crippen molar-refractivity contribution in [3.05, 3.63) is 64.7 Å². The van der Waals surface area contributed by atoms with Crippen molar-refractivity contribution >= 4 is 23.4 Å². The fraction of sp³-hybridized carbons (Fsp3) is 0.440. The van der Waals surface area contributed by atoms with Gasteiger partial charge in [-0.1, -0.05) is 11.6 Å². The lowest BCUT2D eigenvalue weighted by Gasteiger charge is -2.42. The van der Waals surface area contributed by atoms with E-state index in [9.17, 15) is 18.4 Å². The number of carbonyl (C=O) groups excluding carboxylic acids is 2. The van der Waals surface area contributed by atoms with Crippen LogP contribution in [0.4, 0.5) is 8.78 Å². The summed E-state index contributed by atoms with van der Waals surface area (Å²) in [6, 6.07) is 9.85. The predicted molar refractivity (Wildman–Crippen MR) is 123 cm³/mol. The van der Waals surface area contributed by atoms with Crippen molar-refractivity contribution in [3.63, 3.8) is 0 Å². The van der Waals surface area contributed by atoms with Crippen molar-refractivity contribution in [1.82, 2.24) is 9.80 Å². The number of amides is 2. The van der Waals surface area contributed by atoms with Gasteiger partial charge in [0.05, 0.1) is 19.8 Å². The average Bonchev–Trinajstić information content (AvgIpc) is 2.84. The van der Waals surface area contributed by atoms with Crippen molar-refractivity contribution in [2.24, 2.45) is 5.41 Å².